The Labute approximate surface area is 118 Å². The molecule has 1 amide bonds. The van der Waals surface area contributed by atoms with Gasteiger partial charge < -0.3 is 4.90 Å². The van der Waals surface area contributed by atoms with Crippen molar-refractivity contribution in [2.75, 3.05) is 13.1 Å². The molecular formula is C15H20F2N2O. The Morgan fingerprint density at radius 1 is 1.30 bits per heavy atom. The van der Waals surface area contributed by atoms with Crippen molar-refractivity contribution in [2.45, 2.75) is 26.9 Å². The van der Waals surface area contributed by atoms with Gasteiger partial charge in [-0.25, -0.2) is 8.78 Å². The van der Waals surface area contributed by atoms with Crippen molar-refractivity contribution >= 4 is 5.91 Å². The zero-order valence-corrected chi connectivity index (χ0v) is 12.0. The molecule has 1 N–H and O–H groups in total. The summed E-state index contributed by atoms with van der Waals surface area (Å²) in [5.41, 5.74) is 0.575. The molecule has 0 spiro atoms. The van der Waals surface area contributed by atoms with Crippen LogP contribution in [-0.2, 0) is 4.79 Å². The van der Waals surface area contributed by atoms with Crippen LogP contribution >= 0.6 is 0 Å². The third kappa shape index (κ3) is 2.98. The maximum absolute atomic E-state index is 13.3. The molecule has 1 aromatic carbocycles. The molecule has 0 bridgehead atoms. The molecule has 2 atom stereocenters. The summed E-state index contributed by atoms with van der Waals surface area (Å²) >= 11 is 0. The molecule has 0 saturated carbocycles. The fourth-order valence-electron chi connectivity index (χ4n) is 2.25. The molecule has 110 valence electrons. The fraction of sp³-hybridized carbons (Fsp3) is 0.533. The van der Waals surface area contributed by atoms with Gasteiger partial charge in [-0.2, -0.15) is 0 Å². The summed E-state index contributed by atoms with van der Waals surface area (Å²) in [6.45, 7) is 7.12. The highest BCUT2D eigenvalue weighted by Crippen LogP contribution is 2.26. The van der Waals surface area contributed by atoms with Gasteiger partial charge in [-0.1, -0.05) is 26.8 Å². The lowest BCUT2D eigenvalue weighted by molar-refractivity contribution is -0.128. The van der Waals surface area contributed by atoms with E-state index in [1.54, 1.807) is 4.90 Å². The molecule has 1 aliphatic heterocycles. The van der Waals surface area contributed by atoms with Crippen molar-refractivity contribution < 1.29 is 13.6 Å². The first-order chi connectivity index (χ1) is 9.40. The maximum atomic E-state index is 13.3. The van der Waals surface area contributed by atoms with E-state index < -0.39 is 11.6 Å². The van der Waals surface area contributed by atoms with Crippen molar-refractivity contribution in [1.29, 1.82) is 0 Å². The largest absolute Gasteiger partial charge is 0.322 e. The average Bonchev–Trinajstić information content (AvgIpc) is 2.74. The van der Waals surface area contributed by atoms with Crippen LogP contribution in [0, 0.1) is 23.5 Å². The third-order valence-electron chi connectivity index (χ3n) is 3.96. The summed E-state index contributed by atoms with van der Waals surface area (Å²) in [7, 11) is 0. The molecular weight excluding hydrogens is 262 g/mol. The SMILES string of the molecule is CC(C)C(C)CN1C(=O)CNC1c1ccc(F)c(F)c1. The topological polar surface area (TPSA) is 32.3 Å². The summed E-state index contributed by atoms with van der Waals surface area (Å²) < 4.78 is 26.3. The van der Waals surface area contributed by atoms with Crippen LogP contribution in [0.25, 0.3) is 0 Å². The zero-order valence-electron chi connectivity index (χ0n) is 12.0. The van der Waals surface area contributed by atoms with Crippen LogP contribution < -0.4 is 5.32 Å². The highest BCUT2D eigenvalue weighted by molar-refractivity contribution is 5.81. The van der Waals surface area contributed by atoms with Crippen molar-refractivity contribution in [3.8, 4) is 0 Å². The molecule has 0 aromatic heterocycles. The Kier molecular flexibility index (Phi) is 4.38. The van der Waals surface area contributed by atoms with E-state index in [0.29, 0.717) is 23.9 Å². The predicted molar refractivity (Wildman–Crippen MR) is 72.8 cm³/mol. The van der Waals surface area contributed by atoms with Gasteiger partial charge in [0.15, 0.2) is 11.6 Å². The second kappa shape index (κ2) is 5.87. The Morgan fingerprint density at radius 2 is 2.00 bits per heavy atom. The molecule has 0 radical (unpaired) electrons. The molecule has 2 unspecified atom stereocenters. The van der Waals surface area contributed by atoms with Gasteiger partial charge in [0.2, 0.25) is 5.91 Å². The number of nitrogens with one attached hydrogen (secondary N) is 1. The maximum Gasteiger partial charge on any atom is 0.238 e. The van der Waals surface area contributed by atoms with Gasteiger partial charge >= 0.3 is 0 Å². The van der Waals surface area contributed by atoms with Crippen LogP contribution in [0.3, 0.4) is 0 Å². The minimum Gasteiger partial charge on any atom is -0.322 e. The molecule has 3 nitrogen and oxygen atoms in total. The van der Waals surface area contributed by atoms with E-state index in [0.717, 1.165) is 12.1 Å². The van der Waals surface area contributed by atoms with Gasteiger partial charge in [-0.15, -0.1) is 0 Å². The minimum atomic E-state index is -0.888. The predicted octanol–water partition coefficient (Wildman–Crippen LogP) is 2.69. The normalized spacial score (nSPS) is 20.8. The molecule has 2 rings (SSSR count). The average molecular weight is 282 g/mol. The third-order valence-corrected chi connectivity index (χ3v) is 3.96. The summed E-state index contributed by atoms with van der Waals surface area (Å²) in [5.74, 6) is -0.978. The number of halogens is 2. The number of benzene rings is 1. The second-order valence-electron chi connectivity index (χ2n) is 5.72. The highest BCUT2D eigenvalue weighted by Gasteiger charge is 2.33. The number of hydrogen-bond donors (Lipinski definition) is 1. The van der Waals surface area contributed by atoms with E-state index in [2.05, 4.69) is 26.1 Å². The summed E-state index contributed by atoms with van der Waals surface area (Å²) in [4.78, 5) is 13.7. The van der Waals surface area contributed by atoms with Gasteiger partial charge in [0.05, 0.1) is 6.54 Å². The quantitative estimate of drug-likeness (QED) is 0.921. The van der Waals surface area contributed by atoms with Gasteiger partial charge in [0, 0.05) is 6.54 Å². The Morgan fingerprint density at radius 3 is 2.60 bits per heavy atom. The molecule has 1 heterocycles. The van der Waals surface area contributed by atoms with Crippen LogP contribution in [0.4, 0.5) is 8.78 Å². The molecule has 1 fully saturated rings. The van der Waals surface area contributed by atoms with E-state index in [4.69, 9.17) is 0 Å². The standard InChI is InChI=1S/C15H20F2N2O/c1-9(2)10(3)8-19-14(20)7-18-15(19)11-4-5-12(16)13(17)6-11/h4-6,9-10,15,18H,7-8H2,1-3H3. The van der Waals surface area contributed by atoms with E-state index >= 15 is 0 Å². The first-order valence-corrected chi connectivity index (χ1v) is 6.88. The number of rotatable bonds is 4. The van der Waals surface area contributed by atoms with E-state index in [-0.39, 0.29) is 18.6 Å². The molecule has 1 aromatic rings. The lowest BCUT2D eigenvalue weighted by Gasteiger charge is -2.29. The van der Waals surface area contributed by atoms with Gasteiger partial charge in [-0.05, 0) is 29.5 Å². The molecule has 0 aliphatic carbocycles. The Bertz CT molecular complexity index is 505. The molecule has 20 heavy (non-hydrogen) atoms. The first kappa shape index (κ1) is 14.9. The van der Waals surface area contributed by atoms with Crippen LogP contribution in [-0.4, -0.2) is 23.9 Å². The van der Waals surface area contributed by atoms with Crippen LogP contribution in [0.2, 0.25) is 0 Å². The number of carbonyl (C=O) groups is 1. The van der Waals surface area contributed by atoms with Crippen molar-refractivity contribution in [2.24, 2.45) is 11.8 Å². The number of carbonyl (C=O) groups excluding carboxylic acids is 1. The number of hydrogen-bond acceptors (Lipinski definition) is 2. The summed E-state index contributed by atoms with van der Waals surface area (Å²) in [6, 6.07) is 3.76. The van der Waals surface area contributed by atoms with Crippen molar-refractivity contribution in [3.05, 3.63) is 35.4 Å². The van der Waals surface area contributed by atoms with Crippen molar-refractivity contribution in [1.82, 2.24) is 10.2 Å². The van der Waals surface area contributed by atoms with Crippen LogP contribution in [0.1, 0.15) is 32.5 Å². The minimum absolute atomic E-state index is 0.00719. The number of nitrogens with zero attached hydrogens (tertiary/aromatic N) is 1. The first-order valence-electron chi connectivity index (χ1n) is 6.88. The van der Waals surface area contributed by atoms with Crippen LogP contribution in [0.15, 0.2) is 18.2 Å². The lowest BCUT2D eigenvalue weighted by atomic mass is 9.97. The van der Waals surface area contributed by atoms with Gasteiger partial charge in [-0.3, -0.25) is 10.1 Å². The molecule has 5 heteroatoms. The second-order valence-corrected chi connectivity index (χ2v) is 5.72. The molecule has 1 saturated heterocycles. The van der Waals surface area contributed by atoms with Crippen LogP contribution in [0.5, 0.6) is 0 Å². The molecule has 1 aliphatic rings. The van der Waals surface area contributed by atoms with Gasteiger partial charge in [0.25, 0.3) is 0 Å². The summed E-state index contributed by atoms with van der Waals surface area (Å²) in [6.07, 6.45) is -0.376. The highest BCUT2D eigenvalue weighted by atomic mass is 19.2. The van der Waals surface area contributed by atoms with Crippen molar-refractivity contribution in [3.63, 3.8) is 0 Å². The summed E-state index contributed by atoms with van der Waals surface area (Å²) in [5, 5.41) is 3.05. The monoisotopic (exact) mass is 282 g/mol. The Balaban J connectivity index is 2.21. The lowest BCUT2D eigenvalue weighted by Crippen LogP contribution is -2.35. The Hall–Kier alpha value is -1.49. The zero-order chi connectivity index (χ0) is 14.9. The van der Waals surface area contributed by atoms with E-state index in [1.165, 1.54) is 6.07 Å². The fourth-order valence-corrected chi connectivity index (χ4v) is 2.25. The number of amides is 1. The van der Waals surface area contributed by atoms with E-state index in [1.807, 2.05) is 0 Å². The van der Waals surface area contributed by atoms with Gasteiger partial charge in [0.1, 0.15) is 6.17 Å². The smallest absolute Gasteiger partial charge is 0.238 e. The van der Waals surface area contributed by atoms with E-state index in [9.17, 15) is 13.6 Å².